The van der Waals surface area contributed by atoms with Crippen molar-refractivity contribution in [2.75, 3.05) is 13.1 Å². The van der Waals surface area contributed by atoms with Gasteiger partial charge >= 0.3 is 0 Å². The number of hydrogen-bond donors (Lipinski definition) is 1. The second-order valence-electron chi connectivity index (χ2n) is 5.14. The zero-order valence-electron chi connectivity index (χ0n) is 10.7. The first-order valence-corrected chi connectivity index (χ1v) is 6.66. The lowest BCUT2D eigenvalue weighted by atomic mass is 10.0. The molecular formula is C16H17NO2. The van der Waals surface area contributed by atoms with Crippen LogP contribution in [0.4, 0.5) is 0 Å². The molecule has 0 radical (unpaired) electrons. The fourth-order valence-corrected chi connectivity index (χ4v) is 2.60. The Labute approximate surface area is 112 Å². The molecule has 0 spiro atoms. The summed E-state index contributed by atoms with van der Waals surface area (Å²) in [5.41, 5.74) is 1.03. The van der Waals surface area contributed by atoms with Crippen LogP contribution in [0.25, 0.3) is 10.8 Å². The van der Waals surface area contributed by atoms with Crippen molar-refractivity contribution in [1.82, 2.24) is 4.90 Å². The van der Waals surface area contributed by atoms with Crippen molar-refractivity contribution in [2.45, 2.75) is 18.9 Å². The van der Waals surface area contributed by atoms with Gasteiger partial charge in [0.1, 0.15) is 0 Å². The fourth-order valence-electron chi connectivity index (χ4n) is 2.60. The average molecular weight is 255 g/mol. The van der Waals surface area contributed by atoms with Gasteiger partial charge in [0.15, 0.2) is 0 Å². The van der Waals surface area contributed by atoms with Crippen LogP contribution in [0.1, 0.15) is 12.0 Å². The molecule has 1 heterocycles. The molecule has 1 amide bonds. The normalized spacial score (nSPS) is 19.0. The fraction of sp³-hybridized carbons (Fsp3) is 0.312. The third kappa shape index (κ3) is 2.61. The van der Waals surface area contributed by atoms with Crippen molar-refractivity contribution in [1.29, 1.82) is 0 Å². The monoisotopic (exact) mass is 255 g/mol. The third-order valence-corrected chi connectivity index (χ3v) is 3.69. The van der Waals surface area contributed by atoms with Crippen molar-refractivity contribution >= 4 is 16.7 Å². The van der Waals surface area contributed by atoms with Crippen LogP contribution in [0.3, 0.4) is 0 Å². The highest BCUT2D eigenvalue weighted by Crippen LogP contribution is 2.17. The number of benzene rings is 2. The number of hydrogen-bond acceptors (Lipinski definition) is 2. The summed E-state index contributed by atoms with van der Waals surface area (Å²) < 4.78 is 0. The number of aliphatic hydroxyl groups excluding tert-OH is 1. The molecule has 3 nitrogen and oxygen atoms in total. The lowest BCUT2D eigenvalue weighted by Gasteiger charge is -2.15. The predicted molar refractivity (Wildman–Crippen MR) is 74.9 cm³/mol. The van der Waals surface area contributed by atoms with Crippen LogP contribution in [-0.2, 0) is 11.2 Å². The highest BCUT2D eigenvalue weighted by molar-refractivity contribution is 5.85. The lowest BCUT2D eigenvalue weighted by Crippen LogP contribution is -2.30. The molecule has 0 unspecified atom stereocenters. The SMILES string of the molecule is O=C(Cc1ccc2ccccc2c1)N1CC[C@@H](O)C1. The number of β-amino-alcohol motifs (C(OH)–C–C–N with tert-alkyl or cyclic N) is 1. The molecule has 0 aromatic heterocycles. The minimum absolute atomic E-state index is 0.104. The van der Waals surface area contributed by atoms with E-state index in [4.69, 9.17) is 0 Å². The molecule has 98 valence electrons. The van der Waals surface area contributed by atoms with Crippen LogP contribution in [-0.4, -0.2) is 35.1 Å². The van der Waals surface area contributed by atoms with Crippen molar-refractivity contribution < 1.29 is 9.90 Å². The van der Waals surface area contributed by atoms with Gasteiger partial charge in [-0.15, -0.1) is 0 Å². The second-order valence-corrected chi connectivity index (χ2v) is 5.14. The van der Waals surface area contributed by atoms with Crippen LogP contribution in [0.15, 0.2) is 42.5 Å². The average Bonchev–Trinajstić information content (AvgIpc) is 2.85. The molecule has 1 aliphatic rings. The molecule has 3 rings (SSSR count). The molecule has 2 aromatic rings. The highest BCUT2D eigenvalue weighted by Gasteiger charge is 2.24. The van der Waals surface area contributed by atoms with Gasteiger partial charge in [-0.25, -0.2) is 0 Å². The smallest absolute Gasteiger partial charge is 0.227 e. The molecule has 0 saturated carbocycles. The number of fused-ring (bicyclic) bond motifs is 1. The zero-order valence-corrected chi connectivity index (χ0v) is 10.7. The lowest BCUT2D eigenvalue weighted by molar-refractivity contribution is -0.129. The predicted octanol–water partition coefficient (Wildman–Crippen LogP) is 1.98. The van der Waals surface area contributed by atoms with Crippen LogP contribution < -0.4 is 0 Å². The number of likely N-dealkylation sites (tertiary alicyclic amines) is 1. The van der Waals surface area contributed by atoms with Gasteiger partial charge in [0.25, 0.3) is 0 Å². The summed E-state index contributed by atoms with van der Waals surface area (Å²) in [6.45, 7) is 1.15. The Hall–Kier alpha value is -1.87. The molecule has 1 fully saturated rings. The molecule has 3 heteroatoms. The van der Waals surface area contributed by atoms with E-state index in [0.29, 0.717) is 25.9 Å². The maximum Gasteiger partial charge on any atom is 0.227 e. The molecular weight excluding hydrogens is 238 g/mol. The first kappa shape index (κ1) is 12.2. The summed E-state index contributed by atoms with van der Waals surface area (Å²) in [6.07, 6.45) is 0.765. The summed E-state index contributed by atoms with van der Waals surface area (Å²) >= 11 is 0. The van der Waals surface area contributed by atoms with Crippen LogP contribution in [0, 0.1) is 0 Å². The van der Waals surface area contributed by atoms with Gasteiger partial charge in [0.2, 0.25) is 5.91 Å². The minimum Gasteiger partial charge on any atom is -0.391 e. The Morgan fingerprint density at radius 2 is 2.00 bits per heavy atom. The molecule has 19 heavy (non-hydrogen) atoms. The van der Waals surface area contributed by atoms with E-state index in [1.165, 1.54) is 5.39 Å². The molecule has 1 atom stereocenters. The van der Waals surface area contributed by atoms with E-state index < -0.39 is 0 Å². The van der Waals surface area contributed by atoms with E-state index in [2.05, 4.69) is 24.3 Å². The van der Waals surface area contributed by atoms with Gasteiger partial charge in [0.05, 0.1) is 12.5 Å². The van der Waals surface area contributed by atoms with E-state index in [9.17, 15) is 9.90 Å². The number of nitrogens with zero attached hydrogens (tertiary/aromatic N) is 1. The molecule has 2 aromatic carbocycles. The van der Waals surface area contributed by atoms with Crippen molar-refractivity contribution in [2.24, 2.45) is 0 Å². The first-order valence-electron chi connectivity index (χ1n) is 6.66. The van der Waals surface area contributed by atoms with E-state index in [1.807, 2.05) is 18.2 Å². The molecule has 0 bridgehead atoms. The summed E-state index contributed by atoms with van der Waals surface area (Å²) in [5.74, 6) is 0.104. The number of carbonyl (C=O) groups excluding carboxylic acids is 1. The number of amides is 1. The van der Waals surface area contributed by atoms with Gasteiger partial charge in [-0.1, -0.05) is 42.5 Å². The minimum atomic E-state index is -0.347. The van der Waals surface area contributed by atoms with Crippen LogP contribution >= 0.6 is 0 Å². The second kappa shape index (κ2) is 5.02. The van der Waals surface area contributed by atoms with E-state index in [1.54, 1.807) is 4.90 Å². The van der Waals surface area contributed by atoms with Crippen molar-refractivity contribution in [3.8, 4) is 0 Å². The Bertz CT molecular complexity index is 608. The molecule has 1 aliphatic heterocycles. The summed E-state index contributed by atoms with van der Waals surface area (Å²) in [5, 5.41) is 11.8. The van der Waals surface area contributed by atoms with Crippen molar-refractivity contribution in [3.63, 3.8) is 0 Å². The number of aliphatic hydroxyl groups is 1. The largest absolute Gasteiger partial charge is 0.391 e. The maximum atomic E-state index is 12.1. The van der Waals surface area contributed by atoms with Crippen molar-refractivity contribution in [3.05, 3.63) is 48.0 Å². The Kier molecular flexibility index (Phi) is 3.22. The number of rotatable bonds is 2. The Morgan fingerprint density at radius 3 is 2.74 bits per heavy atom. The highest BCUT2D eigenvalue weighted by atomic mass is 16.3. The topological polar surface area (TPSA) is 40.5 Å². The van der Waals surface area contributed by atoms with Gasteiger partial charge in [-0.2, -0.15) is 0 Å². The Morgan fingerprint density at radius 1 is 1.21 bits per heavy atom. The Balaban J connectivity index is 1.76. The van der Waals surface area contributed by atoms with Gasteiger partial charge < -0.3 is 10.0 Å². The molecule has 1 N–H and O–H groups in total. The number of carbonyl (C=O) groups is 1. The summed E-state index contributed by atoms with van der Waals surface area (Å²) in [7, 11) is 0. The molecule has 0 aliphatic carbocycles. The summed E-state index contributed by atoms with van der Waals surface area (Å²) in [6, 6.07) is 14.3. The van der Waals surface area contributed by atoms with Gasteiger partial charge in [-0.05, 0) is 22.8 Å². The van der Waals surface area contributed by atoms with E-state index in [0.717, 1.165) is 10.9 Å². The third-order valence-electron chi connectivity index (χ3n) is 3.69. The first-order chi connectivity index (χ1) is 9.22. The van der Waals surface area contributed by atoms with Gasteiger partial charge in [-0.3, -0.25) is 4.79 Å². The molecule has 1 saturated heterocycles. The quantitative estimate of drug-likeness (QED) is 0.891. The van der Waals surface area contributed by atoms with E-state index in [-0.39, 0.29) is 12.0 Å². The summed E-state index contributed by atoms with van der Waals surface area (Å²) in [4.78, 5) is 13.9. The maximum absolute atomic E-state index is 12.1. The standard InChI is InChI=1S/C16H17NO2/c18-15-7-8-17(11-15)16(19)10-12-5-6-13-3-1-2-4-14(13)9-12/h1-6,9,15,18H,7-8,10-11H2/t15-/m1/s1. The van der Waals surface area contributed by atoms with Crippen LogP contribution in [0.5, 0.6) is 0 Å². The van der Waals surface area contributed by atoms with E-state index >= 15 is 0 Å². The zero-order chi connectivity index (χ0) is 13.2. The van der Waals surface area contributed by atoms with Gasteiger partial charge in [0, 0.05) is 13.1 Å². The van der Waals surface area contributed by atoms with Crippen LogP contribution in [0.2, 0.25) is 0 Å².